The fourth-order valence-corrected chi connectivity index (χ4v) is 4.35. The molecule has 0 spiro atoms. The van der Waals surface area contributed by atoms with Crippen LogP contribution in [0.15, 0.2) is 22.8 Å². The van der Waals surface area contributed by atoms with Crippen molar-refractivity contribution in [2.75, 3.05) is 13.7 Å². The number of methoxy groups -OCH3 is 1. The SMILES string of the molecule is COC(=O)[C@@]1(Oc2c[nH]c3ccc(Br)c(Cl)c23)C[C@@H](O)[C@@H](NC(C)=O)C([C@H](O)[C@H](O)CO)O1. The maximum absolute atomic E-state index is 12.9. The molecule has 0 bridgehead atoms. The lowest BCUT2D eigenvalue weighted by molar-refractivity contribution is -0.285. The number of hydrogen-bond acceptors (Lipinski definition) is 9. The second-order valence-corrected chi connectivity index (χ2v) is 8.84. The number of aromatic amines is 1. The number of H-pyrrole nitrogens is 1. The molecular weight excluding hydrogens is 528 g/mol. The summed E-state index contributed by atoms with van der Waals surface area (Å²) in [4.78, 5) is 27.5. The van der Waals surface area contributed by atoms with Crippen molar-refractivity contribution < 1.29 is 44.2 Å². The van der Waals surface area contributed by atoms with Crippen molar-refractivity contribution in [3.8, 4) is 5.75 Å². The summed E-state index contributed by atoms with van der Waals surface area (Å²) < 4.78 is 17.2. The number of carbonyl (C=O) groups is 2. The molecule has 6 atom stereocenters. The van der Waals surface area contributed by atoms with Gasteiger partial charge in [0, 0.05) is 17.6 Å². The van der Waals surface area contributed by atoms with Gasteiger partial charge in [-0.05, 0) is 28.1 Å². The van der Waals surface area contributed by atoms with Crippen LogP contribution in [0.3, 0.4) is 0 Å². The third-order valence-corrected chi connectivity index (χ3v) is 6.61. The second-order valence-electron chi connectivity index (χ2n) is 7.60. The first kappa shape index (κ1) is 25.7. The van der Waals surface area contributed by atoms with Crippen molar-refractivity contribution >= 4 is 50.3 Å². The van der Waals surface area contributed by atoms with E-state index in [1.54, 1.807) is 12.1 Å². The first-order valence-corrected chi connectivity index (χ1v) is 11.0. The maximum atomic E-state index is 12.9. The van der Waals surface area contributed by atoms with Gasteiger partial charge in [0.1, 0.15) is 18.3 Å². The number of benzene rings is 1. The topological polar surface area (TPSA) is 171 Å². The highest BCUT2D eigenvalue weighted by molar-refractivity contribution is 9.10. The molecule has 182 valence electrons. The number of rotatable bonds is 7. The van der Waals surface area contributed by atoms with Crippen LogP contribution in [0.1, 0.15) is 13.3 Å². The van der Waals surface area contributed by atoms with Gasteiger partial charge >= 0.3 is 11.8 Å². The third-order valence-electron chi connectivity index (χ3n) is 5.33. The summed E-state index contributed by atoms with van der Waals surface area (Å²) in [5.74, 6) is -3.80. The van der Waals surface area contributed by atoms with Crippen molar-refractivity contribution in [2.45, 2.75) is 49.6 Å². The van der Waals surface area contributed by atoms with E-state index >= 15 is 0 Å². The van der Waals surface area contributed by atoms with E-state index in [1.807, 2.05) is 0 Å². The van der Waals surface area contributed by atoms with Gasteiger partial charge in [-0.2, -0.15) is 0 Å². The predicted molar refractivity (Wildman–Crippen MR) is 119 cm³/mol. The van der Waals surface area contributed by atoms with Gasteiger partial charge in [0.05, 0.1) is 48.2 Å². The molecule has 2 heterocycles. The van der Waals surface area contributed by atoms with Gasteiger partial charge in [-0.1, -0.05) is 11.6 Å². The number of ether oxygens (including phenoxy) is 3. The molecule has 0 aliphatic carbocycles. The minimum atomic E-state index is -2.29. The van der Waals surface area contributed by atoms with Gasteiger partial charge in [0.25, 0.3) is 0 Å². The van der Waals surface area contributed by atoms with Crippen LogP contribution in [0.2, 0.25) is 5.02 Å². The quantitative estimate of drug-likeness (QED) is 0.263. The van der Waals surface area contributed by atoms with Crippen LogP contribution < -0.4 is 10.1 Å². The highest BCUT2D eigenvalue weighted by Crippen LogP contribution is 2.41. The highest BCUT2D eigenvalue weighted by Gasteiger charge is 2.57. The van der Waals surface area contributed by atoms with E-state index in [4.69, 9.17) is 25.8 Å². The number of hydrogen-bond donors (Lipinski definition) is 6. The van der Waals surface area contributed by atoms with E-state index in [1.165, 1.54) is 13.1 Å². The van der Waals surface area contributed by atoms with E-state index < -0.39 is 61.1 Å². The zero-order chi connectivity index (χ0) is 24.5. The molecule has 6 N–H and O–H groups in total. The molecule has 0 radical (unpaired) electrons. The van der Waals surface area contributed by atoms with Crippen LogP contribution in [0.5, 0.6) is 5.75 Å². The first-order chi connectivity index (χ1) is 15.5. The number of aliphatic hydroxyl groups excluding tert-OH is 4. The minimum Gasteiger partial charge on any atom is -0.464 e. The Morgan fingerprint density at radius 1 is 1.42 bits per heavy atom. The molecule has 1 amide bonds. The normalized spacial score (nSPS) is 27.1. The van der Waals surface area contributed by atoms with Crippen molar-refractivity contribution in [2.24, 2.45) is 0 Å². The van der Waals surface area contributed by atoms with Gasteiger partial charge in [-0.25, -0.2) is 4.79 Å². The molecule has 1 aromatic heterocycles. The molecule has 11 nitrogen and oxygen atoms in total. The number of esters is 1. The summed E-state index contributed by atoms with van der Waals surface area (Å²) in [6.07, 6.45) is -5.62. The van der Waals surface area contributed by atoms with Crippen LogP contribution in [0.4, 0.5) is 0 Å². The number of fused-ring (bicyclic) bond motifs is 1. The van der Waals surface area contributed by atoms with Gasteiger partial charge in [0.2, 0.25) is 5.91 Å². The van der Waals surface area contributed by atoms with Gasteiger partial charge in [-0.15, -0.1) is 0 Å². The van der Waals surface area contributed by atoms with Crippen LogP contribution in [0.25, 0.3) is 10.9 Å². The van der Waals surface area contributed by atoms with E-state index in [9.17, 15) is 30.0 Å². The molecule has 1 saturated heterocycles. The maximum Gasteiger partial charge on any atom is 0.379 e. The summed E-state index contributed by atoms with van der Waals surface area (Å²) in [5, 5.41) is 43.8. The predicted octanol–water partition coefficient (Wildman–Crippen LogP) is 0.200. The van der Waals surface area contributed by atoms with E-state index in [2.05, 4.69) is 26.2 Å². The molecule has 13 heteroatoms. The Morgan fingerprint density at radius 2 is 2.12 bits per heavy atom. The lowest BCUT2D eigenvalue weighted by Crippen LogP contribution is -2.68. The average Bonchev–Trinajstić information content (AvgIpc) is 3.19. The van der Waals surface area contributed by atoms with Crippen molar-refractivity contribution in [1.29, 1.82) is 0 Å². The smallest absolute Gasteiger partial charge is 0.379 e. The Kier molecular flexibility index (Phi) is 7.89. The average molecular weight is 552 g/mol. The number of amides is 1. The number of aromatic nitrogens is 1. The van der Waals surface area contributed by atoms with Crippen molar-refractivity contribution in [3.63, 3.8) is 0 Å². The van der Waals surface area contributed by atoms with Gasteiger partial charge in [-0.3, -0.25) is 4.79 Å². The Morgan fingerprint density at radius 3 is 2.73 bits per heavy atom. The minimum absolute atomic E-state index is 0.0859. The van der Waals surface area contributed by atoms with E-state index in [0.29, 0.717) is 15.4 Å². The second kappa shape index (κ2) is 10.1. The molecule has 1 aliphatic rings. The van der Waals surface area contributed by atoms with Crippen LogP contribution in [-0.2, 0) is 19.1 Å². The third kappa shape index (κ3) is 4.97. The Hall–Kier alpha value is -1.93. The summed E-state index contributed by atoms with van der Waals surface area (Å²) in [7, 11) is 1.08. The van der Waals surface area contributed by atoms with Gasteiger partial charge in [0.15, 0.2) is 5.75 Å². The fourth-order valence-electron chi connectivity index (χ4n) is 3.76. The molecular formula is C20H24BrClN2O9. The number of nitrogens with one attached hydrogen (secondary N) is 2. The van der Waals surface area contributed by atoms with E-state index in [0.717, 1.165) is 7.11 Å². The number of aliphatic hydroxyl groups is 4. The number of carbonyl (C=O) groups excluding carboxylic acids is 2. The van der Waals surface area contributed by atoms with Crippen LogP contribution >= 0.6 is 27.5 Å². The van der Waals surface area contributed by atoms with Gasteiger partial charge < -0.3 is 44.9 Å². The van der Waals surface area contributed by atoms with Crippen molar-refractivity contribution in [3.05, 3.63) is 27.8 Å². The summed E-state index contributed by atoms with van der Waals surface area (Å²) >= 11 is 9.72. The highest BCUT2D eigenvalue weighted by atomic mass is 79.9. The Bertz CT molecular complexity index is 1030. The summed E-state index contributed by atoms with van der Waals surface area (Å²) in [6, 6.07) is 2.19. The lowest BCUT2D eigenvalue weighted by atomic mass is 9.88. The molecule has 1 aliphatic heterocycles. The van der Waals surface area contributed by atoms with Crippen LogP contribution in [0, 0.1) is 0 Å². The fraction of sp³-hybridized carbons (Fsp3) is 0.500. The van der Waals surface area contributed by atoms with Crippen LogP contribution in [-0.4, -0.2) is 87.2 Å². The standard InChI is InChI=1S/C20H24BrClN2O9/c1-8(26)24-16-11(27)5-20(19(30)31-2,33-18(16)17(29)12(28)7-25)32-13-6-23-10-4-3-9(21)15(22)14(10)13/h3-4,6,11-12,16-18,23,25,27-29H,5,7H2,1-2H3,(H,24,26)/t11-,12-,16-,17-,18?,20-/m1/s1. The molecule has 1 fully saturated rings. The zero-order valence-corrected chi connectivity index (χ0v) is 20.0. The Labute approximate surface area is 201 Å². The van der Waals surface area contributed by atoms with E-state index in [-0.39, 0.29) is 10.8 Å². The lowest BCUT2D eigenvalue weighted by Gasteiger charge is -2.46. The molecule has 2 aromatic rings. The molecule has 3 rings (SSSR count). The zero-order valence-electron chi connectivity index (χ0n) is 17.6. The monoisotopic (exact) mass is 550 g/mol. The molecule has 1 unspecified atom stereocenters. The Balaban J connectivity index is 2.08. The summed E-state index contributed by atoms with van der Waals surface area (Å²) in [6.45, 7) is 0.338. The molecule has 0 saturated carbocycles. The first-order valence-electron chi connectivity index (χ1n) is 9.87. The number of halogens is 2. The van der Waals surface area contributed by atoms with Crippen molar-refractivity contribution in [1.82, 2.24) is 10.3 Å². The molecule has 1 aromatic carbocycles. The molecule has 33 heavy (non-hydrogen) atoms. The largest absolute Gasteiger partial charge is 0.464 e. The summed E-state index contributed by atoms with van der Waals surface area (Å²) in [5.41, 5.74) is 0.581.